The number of benzene rings is 13. The Labute approximate surface area is 502 Å². The fourth-order valence-electron chi connectivity index (χ4n) is 15.3. The fourth-order valence-corrected chi connectivity index (χ4v) is 15.3. The van der Waals surface area contributed by atoms with E-state index in [0.29, 0.717) is 33.9 Å². The Morgan fingerprint density at radius 1 is 0.182 bits per heavy atom. The Morgan fingerprint density at radius 2 is 0.398 bits per heavy atom. The number of nitrogens with zero attached hydrogens (tertiary/aromatic N) is 8. The Balaban J connectivity index is 1.10. The molecule has 0 saturated heterocycles. The van der Waals surface area contributed by atoms with Gasteiger partial charge in [0.05, 0.1) is 88.9 Å². The van der Waals surface area contributed by atoms with Crippen molar-refractivity contribution in [3.8, 4) is 46.3 Å². The second-order valence-electron chi connectivity index (χ2n) is 22.9. The molecule has 0 saturated carbocycles. The van der Waals surface area contributed by atoms with Crippen molar-refractivity contribution < 1.29 is 0 Å². The maximum absolute atomic E-state index is 12.9. The summed E-state index contributed by atoms with van der Waals surface area (Å²) >= 11 is 0. The number of fused-ring (bicyclic) bond motifs is 20. The third-order valence-electron chi connectivity index (χ3n) is 18.6. The van der Waals surface area contributed by atoms with Gasteiger partial charge in [0.15, 0.2) is 0 Å². The normalized spacial score (nSPS) is 12.1. The summed E-state index contributed by atoms with van der Waals surface area (Å²) in [6, 6.07) is 105. The highest BCUT2D eigenvalue weighted by Gasteiger charge is 2.36. The van der Waals surface area contributed by atoms with Crippen LogP contribution < -0.4 is 0 Å². The molecule has 0 bridgehead atoms. The van der Waals surface area contributed by atoms with Gasteiger partial charge in [0.25, 0.3) is 0 Å². The molecule has 0 atom stereocenters. The van der Waals surface area contributed by atoms with Crippen LogP contribution >= 0.6 is 0 Å². The minimum atomic E-state index is 0.354. The lowest BCUT2D eigenvalue weighted by atomic mass is 9.98. The highest BCUT2D eigenvalue weighted by Crippen LogP contribution is 2.52. The quantitative estimate of drug-likeness (QED) is 0.166. The van der Waals surface area contributed by atoms with Crippen molar-refractivity contribution in [2.45, 2.75) is 0 Å². The molecule has 6 heterocycles. The van der Waals surface area contributed by atoms with Crippen LogP contribution in [0.5, 0.6) is 0 Å². The van der Waals surface area contributed by atoms with Gasteiger partial charge in [0.1, 0.15) is 23.3 Å². The first-order valence-electron chi connectivity index (χ1n) is 29.7. The minimum Gasteiger partial charge on any atom is -0.309 e. The summed E-state index contributed by atoms with van der Waals surface area (Å²) < 4.78 is 14.0. The third kappa shape index (κ3) is 6.24. The molecule has 8 heteroatoms. The van der Waals surface area contributed by atoms with E-state index in [1.807, 2.05) is 0 Å². The van der Waals surface area contributed by atoms with Crippen molar-refractivity contribution in [2.75, 3.05) is 0 Å². The van der Waals surface area contributed by atoms with Gasteiger partial charge in [-0.1, -0.05) is 182 Å². The molecule has 19 aromatic rings. The van der Waals surface area contributed by atoms with Crippen LogP contribution in [0.4, 0.5) is 0 Å². The van der Waals surface area contributed by atoms with Crippen LogP contribution in [0.25, 0.3) is 165 Å². The summed E-state index contributed by atoms with van der Waals surface area (Å²) in [5.41, 5.74) is 17.0. The molecule has 0 aliphatic heterocycles. The van der Waals surface area contributed by atoms with Crippen LogP contribution in [-0.2, 0) is 0 Å². The molecule has 0 aliphatic carbocycles. The van der Waals surface area contributed by atoms with E-state index in [1.165, 1.54) is 0 Å². The van der Waals surface area contributed by atoms with Crippen LogP contribution in [0.15, 0.2) is 279 Å². The molecule has 0 radical (unpaired) electrons. The summed E-state index contributed by atoms with van der Waals surface area (Å²) in [7, 11) is 0. The lowest BCUT2D eigenvalue weighted by Gasteiger charge is -2.27. The van der Waals surface area contributed by atoms with Crippen molar-refractivity contribution in [1.82, 2.24) is 27.4 Å². The largest absolute Gasteiger partial charge is 0.309 e. The maximum atomic E-state index is 12.9. The number of nitriles is 2. The first kappa shape index (κ1) is 48.1. The van der Waals surface area contributed by atoms with Gasteiger partial charge in [-0.2, -0.15) is 10.5 Å². The zero-order chi connectivity index (χ0) is 57.9. The molecule has 6 aromatic heterocycles. The van der Waals surface area contributed by atoms with Crippen molar-refractivity contribution in [3.63, 3.8) is 0 Å². The van der Waals surface area contributed by atoms with Gasteiger partial charge in [-0.05, 0) is 97.1 Å². The van der Waals surface area contributed by atoms with E-state index in [1.54, 1.807) is 0 Å². The summed E-state index contributed by atoms with van der Waals surface area (Å²) in [6.45, 7) is 0. The van der Waals surface area contributed by atoms with Crippen LogP contribution in [0.2, 0.25) is 0 Å². The lowest BCUT2D eigenvalue weighted by Crippen LogP contribution is -2.16. The lowest BCUT2D eigenvalue weighted by molar-refractivity contribution is 1.02. The van der Waals surface area contributed by atoms with E-state index in [-0.39, 0.29) is 0 Å². The van der Waals surface area contributed by atoms with E-state index >= 15 is 0 Å². The number of hydrogen-bond acceptors (Lipinski definition) is 2. The molecule has 19 rings (SSSR count). The van der Waals surface area contributed by atoms with Crippen LogP contribution in [0.1, 0.15) is 11.1 Å². The van der Waals surface area contributed by atoms with E-state index in [4.69, 9.17) is 0 Å². The predicted octanol–water partition coefficient (Wildman–Crippen LogP) is 20.0. The molecule has 0 fully saturated rings. The molecule has 0 N–H and O–H groups in total. The second-order valence-corrected chi connectivity index (χ2v) is 22.9. The van der Waals surface area contributed by atoms with Gasteiger partial charge in [-0.15, -0.1) is 0 Å². The molecule has 13 aromatic carbocycles. The van der Waals surface area contributed by atoms with E-state index in [2.05, 4.69) is 319 Å². The highest BCUT2D eigenvalue weighted by atomic mass is 15.1. The molecule has 88 heavy (non-hydrogen) atoms. The molecular formula is C80H46N8. The van der Waals surface area contributed by atoms with Gasteiger partial charge < -0.3 is 27.4 Å². The first-order valence-corrected chi connectivity index (χ1v) is 29.7. The van der Waals surface area contributed by atoms with Gasteiger partial charge in [0, 0.05) is 76.0 Å². The molecule has 8 nitrogen and oxygen atoms in total. The summed E-state index contributed by atoms with van der Waals surface area (Å²) in [4.78, 5) is 0. The molecule has 0 unspecified atom stereocenters. The monoisotopic (exact) mass is 1120 g/mol. The van der Waals surface area contributed by atoms with E-state index < -0.39 is 0 Å². The number of para-hydroxylation sites is 10. The Kier molecular flexibility index (Phi) is 9.87. The zero-order valence-corrected chi connectivity index (χ0v) is 47.1. The summed E-state index contributed by atoms with van der Waals surface area (Å²) in [5, 5.41) is 38.5. The predicted molar refractivity (Wildman–Crippen MR) is 362 cm³/mol. The van der Waals surface area contributed by atoms with Crippen molar-refractivity contribution in [1.29, 1.82) is 10.5 Å². The van der Waals surface area contributed by atoms with Gasteiger partial charge >= 0.3 is 0 Å². The number of rotatable bonds is 6. The summed E-state index contributed by atoms with van der Waals surface area (Å²) in [5.74, 6) is 0. The number of hydrogen-bond donors (Lipinski definition) is 0. The zero-order valence-electron chi connectivity index (χ0n) is 47.1. The Bertz CT molecular complexity index is 5950. The second kappa shape index (κ2) is 18.1. The third-order valence-corrected chi connectivity index (χ3v) is 18.6. The molecular weight excluding hydrogens is 1070 g/mol. The standard InChI is InChI=1S/C80H46N8/c81-47-59-77(85-61-35-15-7-27-51(61)52-28-8-16-36-62(52)85)60(48-82)79(88-68-42-22-14-34-58(68)76-72(88)46-44-70-74(76)56-32-12-20-40-66(56)84(70)50-25-5-2-6-26-50)80(86-63-37-17-9-29-53(63)54-30-10-18-38-64(54)86)78(59)87-67-41-21-13-33-57(67)75-71(87)45-43-69-73(75)55-31-11-19-39-65(55)83(69)49-23-3-1-4-24-49/h1-46H. The van der Waals surface area contributed by atoms with Gasteiger partial charge in [-0.25, -0.2) is 0 Å². The van der Waals surface area contributed by atoms with Crippen molar-refractivity contribution in [2.24, 2.45) is 0 Å². The fraction of sp³-hybridized carbons (Fsp3) is 0. The van der Waals surface area contributed by atoms with Gasteiger partial charge in [-0.3, -0.25) is 0 Å². The molecule has 0 spiro atoms. The van der Waals surface area contributed by atoms with Crippen molar-refractivity contribution in [3.05, 3.63) is 290 Å². The van der Waals surface area contributed by atoms with Gasteiger partial charge in [0.2, 0.25) is 0 Å². The first-order chi connectivity index (χ1) is 43.7. The molecule has 406 valence electrons. The topological polar surface area (TPSA) is 77.2 Å². The van der Waals surface area contributed by atoms with Crippen LogP contribution in [0.3, 0.4) is 0 Å². The highest BCUT2D eigenvalue weighted by molar-refractivity contribution is 6.31. The average molecular weight is 1120 g/mol. The smallest absolute Gasteiger partial charge is 0.104 e. The molecule has 0 amide bonds. The Morgan fingerprint density at radius 3 is 0.693 bits per heavy atom. The summed E-state index contributed by atoms with van der Waals surface area (Å²) in [6.07, 6.45) is 0. The molecule has 0 aliphatic rings. The average Bonchev–Trinajstić information content (AvgIpc) is 1.50. The van der Waals surface area contributed by atoms with Crippen LogP contribution in [-0.4, -0.2) is 27.4 Å². The Hall–Kier alpha value is -12.4. The van der Waals surface area contributed by atoms with Crippen LogP contribution in [0, 0.1) is 22.7 Å². The maximum Gasteiger partial charge on any atom is 0.104 e. The SMILES string of the molecule is N#Cc1c(-n2c3ccccc3c3ccccc32)c(C#N)c(-n2c3ccccc3c3c4c5ccccc5n(-c5ccccc5)c4ccc32)c(-n2c3ccccc3c3ccccc32)c1-n1c2ccccc2c2c3c4ccccc4n(-c4ccccc4)c3ccc21. The van der Waals surface area contributed by atoms with E-state index in [9.17, 15) is 10.5 Å². The van der Waals surface area contributed by atoms with E-state index in [0.717, 1.165) is 142 Å². The van der Waals surface area contributed by atoms with Crippen molar-refractivity contribution >= 4 is 131 Å². The number of aromatic nitrogens is 6. The minimum absolute atomic E-state index is 0.354.